The molecule has 11 nitrogen and oxygen atoms in total. The van der Waals surface area contributed by atoms with Crippen LogP contribution in [0.1, 0.15) is 47.1 Å². The third-order valence-corrected chi connectivity index (χ3v) is 7.57. The molecule has 1 aliphatic heterocycles. The quantitative estimate of drug-likeness (QED) is 0.224. The Labute approximate surface area is 226 Å². The van der Waals surface area contributed by atoms with Gasteiger partial charge in [-0.1, -0.05) is 51.2 Å². The van der Waals surface area contributed by atoms with Gasteiger partial charge in [-0.05, 0) is 25.1 Å². The van der Waals surface area contributed by atoms with Crippen molar-refractivity contribution in [3.05, 3.63) is 71.1 Å². The standard InChI is InChI=1S/C22H19I2N9O2/c1-11-13(9-27-31(11)2)20-28-29-21(35-20)22(34)32-7-6-14-17(26-10-25-14)18(32)15-8-12-4-3-5-16(19(23)24)33(12)30-15/h3-5,8-10,18-19H,6-7H2,1-2H3,(H,25,26)/t18-/m0/s1. The molecule has 0 radical (unpaired) electrons. The zero-order valence-electron chi connectivity index (χ0n) is 18.7. The molecule has 0 fully saturated rings. The summed E-state index contributed by atoms with van der Waals surface area (Å²) in [5.74, 6) is -0.168. The second-order valence-corrected chi connectivity index (χ2v) is 13.1. The summed E-state index contributed by atoms with van der Waals surface area (Å²) in [5.41, 5.74) is 6.09. The van der Waals surface area contributed by atoms with Crippen LogP contribution in [-0.2, 0) is 13.5 Å². The molecular formula is C22H19I2N9O2. The Bertz CT molecular complexity index is 1560. The molecule has 0 unspecified atom stereocenters. The van der Waals surface area contributed by atoms with Gasteiger partial charge in [0.1, 0.15) is 7.97 Å². The Hall–Kier alpha value is -2.82. The van der Waals surface area contributed by atoms with Crippen molar-refractivity contribution in [2.45, 2.75) is 21.3 Å². The summed E-state index contributed by atoms with van der Waals surface area (Å²) in [6, 6.07) is 7.60. The SMILES string of the molecule is Cc1c(-c2nnc(C(=O)N3CCc4[nH]cnc4[C@@H]3c3cc4cccc(C(I)I)n4n3)o2)cnn1C. The van der Waals surface area contributed by atoms with E-state index in [0.717, 1.165) is 34.0 Å². The predicted molar refractivity (Wildman–Crippen MR) is 142 cm³/mol. The summed E-state index contributed by atoms with van der Waals surface area (Å²) >= 11 is 4.73. The lowest BCUT2D eigenvalue weighted by molar-refractivity contribution is 0.0646. The summed E-state index contributed by atoms with van der Waals surface area (Å²) in [6.07, 6.45) is 3.95. The first-order valence-electron chi connectivity index (χ1n) is 10.8. The number of hydrogen-bond donors (Lipinski definition) is 1. The Balaban J connectivity index is 1.41. The number of hydrogen-bond acceptors (Lipinski definition) is 7. The van der Waals surface area contributed by atoms with E-state index >= 15 is 0 Å². The zero-order chi connectivity index (χ0) is 24.3. The first-order valence-corrected chi connectivity index (χ1v) is 13.3. The lowest BCUT2D eigenvalue weighted by Crippen LogP contribution is -2.41. The van der Waals surface area contributed by atoms with E-state index in [9.17, 15) is 4.79 Å². The van der Waals surface area contributed by atoms with Crippen molar-refractivity contribution in [3.8, 4) is 11.5 Å². The Morgan fingerprint density at radius 2 is 2.14 bits per heavy atom. The number of nitrogens with zero attached hydrogens (tertiary/aromatic N) is 8. The third kappa shape index (κ3) is 3.75. The van der Waals surface area contributed by atoms with Crippen LogP contribution in [0.3, 0.4) is 0 Å². The molecule has 0 aliphatic carbocycles. The lowest BCUT2D eigenvalue weighted by Gasteiger charge is -2.32. The zero-order valence-corrected chi connectivity index (χ0v) is 23.0. The molecule has 0 aromatic carbocycles. The first-order chi connectivity index (χ1) is 16.9. The topological polar surface area (TPSA) is 123 Å². The van der Waals surface area contributed by atoms with Crippen LogP contribution in [0.4, 0.5) is 0 Å². The molecule has 6 heterocycles. The number of alkyl halides is 2. The van der Waals surface area contributed by atoms with Crippen LogP contribution in [0.2, 0.25) is 0 Å². The number of fused-ring (bicyclic) bond motifs is 2. The van der Waals surface area contributed by atoms with E-state index in [1.54, 1.807) is 22.1 Å². The first kappa shape index (κ1) is 22.6. The molecule has 5 aromatic heterocycles. The number of aromatic nitrogens is 8. The van der Waals surface area contributed by atoms with E-state index in [0.29, 0.717) is 18.5 Å². The molecule has 0 bridgehead atoms. The van der Waals surface area contributed by atoms with Gasteiger partial charge in [0.25, 0.3) is 5.89 Å². The molecule has 178 valence electrons. The number of H-pyrrole nitrogens is 1. The number of amides is 1. The molecule has 6 rings (SSSR count). The number of imidazole rings is 1. The molecule has 35 heavy (non-hydrogen) atoms. The fourth-order valence-electron chi connectivity index (χ4n) is 4.40. The highest BCUT2D eigenvalue weighted by Gasteiger charge is 2.38. The number of halogens is 2. The highest BCUT2D eigenvalue weighted by Crippen LogP contribution is 2.36. The van der Waals surface area contributed by atoms with E-state index in [-0.39, 0.29) is 19.6 Å². The Morgan fingerprint density at radius 1 is 1.29 bits per heavy atom. The number of carbonyl (C=O) groups is 1. The second-order valence-electron chi connectivity index (χ2n) is 8.25. The normalized spacial score (nSPS) is 15.8. The molecule has 0 saturated carbocycles. The maximum Gasteiger partial charge on any atom is 0.312 e. The Kier molecular flexibility index (Phi) is 5.62. The molecular weight excluding hydrogens is 676 g/mol. The monoisotopic (exact) mass is 695 g/mol. The largest absolute Gasteiger partial charge is 0.412 e. The van der Waals surface area contributed by atoms with Crippen molar-refractivity contribution < 1.29 is 9.21 Å². The van der Waals surface area contributed by atoms with Gasteiger partial charge >= 0.3 is 11.8 Å². The van der Waals surface area contributed by atoms with E-state index in [1.165, 1.54) is 0 Å². The van der Waals surface area contributed by atoms with Gasteiger partial charge < -0.3 is 14.3 Å². The fourth-order valence-corrected chi connectivity index (χ4v) is 5.34. The van der Waals surface area contributed by atoms with E-state index < -0.39 is 6.04 Å². The van der Waals surface area contributed by atoms with Gasteiger partial charge in [0.05, 0.1) is 40.7 Å². The van der Waals surface area contributed by atoms with Gasteiger partial charge in [0.2, 0.25) is 0 Å². The van der Waals surface area contributed by atoms with Crippen molar-refractivity contribution in [1.82, 2.24) is 44.5 Å². The third-order valence-electron chi connectivity index (χ3n) is 6.30. The van der Waals surface area contributed by atoms with Crippen molar-refractivity contribution in [1.29, 1.82) is 0 Å². The molecule has 0 spiro atoms. The number of pyridine rings is 1. The number of carbonyl (C=O) groups excluding carboxylic acids is 1. The minimum atomic E-state index is -0.484. The lowest BCUT2D eigenvalue weighted by atomic mass is 9.99. The number of rotatable bonds is 4. The number of aryl methyl sites for hydroxylation is 1. The van der Waals surface area contributed by atoms with Crippen LogP contribution in [-0.4, -0.2) is 56.9 Å². The molecule has 1 aliphatic rings. The average molecular weight is 695 g/mol. The average Bonchev–Trinajstić information content (AvgIpc) is 3.64. The molecule has 0 saturated heterocycles. The maximum atomic E-state index is 13.7. The van der Waals surface area contributed by atoms with Crippen LogP contribution in [0.15, 0.2) is 41.2 Å². The van der Waals surface area contributed by atoms with E-state index in [1.807, 2.05) is 36.7 Å². The summed E-state index contributed by atoms with van der Waals surface area (Å²) in [5, 5.41) is 17.3. The van der Waals surface area contributed by atoms with E-state index in [4.69, 9.17) is 9.52 Å². The number of aromatic amines is 1. The van der Waals surface area contributed by atoms with Crippen molar-refractivity contribution in [2.75, 3.05) is 6.54 Å². The van der Waals surface area contributed by atoms with Crippen molar-refractivity contribution in [2.24, 2.45) is 7.05 Å². The molecule has 5 aromatic rings. The Morgan fingerprint density at radius 3 is 2.91 bits per heavy atom. The maximum absolute atomic E-state index is 13.7. The van der Waals surface area contributed by atoms with Gasteiger partial charge in [0, 0.05) is 31.4 Å². The molecule has 1 atom stereocenters. The van der Waals surface area contributed by atoms with Crippen LogP contribution in [0.25, 0.3) is 17.0 Å². The minimum Gasteiger partial charge on any atom is -0.412 e. The minimum absolute atomic E-state index is 0.0729. The molecule has 1 amide bonds. The van der Waals surface area contributed by atoms with Crippen LogP contribution >= 0.6 is 45.2 Å². The fraction of sp³-hybridized carbons (Fsp3) is 0.273. The summed E-state index contributed by atoms with van der Waals surface area (Å²) in [7, 11) is 1.83. The highest BCUT2D eigenvalue weighted by atomic mass is 127. The van der Waals surface area contributed by atoms with E-state index in [2.05, 4.69) is 76.5 Å². The smallest absolute Gasteiger partial charge is 0.312 e. The molecule has 13 heteroatoms. The van der Waals surface area contributed by atoms with Gasteiger partial charge in [-0.15, -0.1) is 10.2 Å². The van der Waals surface area contributed by atoms with Gasteiger partial charge in [-0.3, -0.25) is 9.48 Å². The van der Waals surface area contributed by atoms with Gasteiger partial charge in [-0.25, -0.2) is 9.50 Å². The predicted octanol–water partition coefficient (Wildman–Crippen LogP) is 3.81. The number of nitrogens with one attached hydrogen (secondary N) is 1. The summed E-state index contributed by atoms with van der Waals surface area (Å²) in [4.78, 5) is 23.1. The van der Waals surface area contributed by atoms with Crippen LogP contribution in [0, 0.1) is 6.92 Å². The van der Waals surface area contributed by atoms with Crippen LogP contribution < -0.4 is 0 Å². The summed E-state index contributed by atoms with van der Waals surface area (Å²) in [6.45, 7) is 2.37. The highest BCUT2D eigenvalue weighted by molar-refractivity contribution is 14.2. The van der Waals surface area contributed by atoms with Crippen LogP contribution in [0.5, 0.6) is 0 Å². The summed E-state index contributed by atoms with van der Waals surface area (Å²) < 4.78 is 9.70. The molecule has 1 N–H and O–H groups in total. The van der Waals surface area contributed by atoms with Gasteiger partial charge in [0.15, 0.2) is 0 Å². The second kappa shape index (κ2) is 8.69. The van der Waals surface area contributed by atoms with Gasteiger partial charge in [-0.2, -0.15) is 10.2 Å². The van der Waals surface area contributed by atoms with Crippen molar-refractivity contribution in [3.63, 3.8) is 0 Å². The van der Waals surface area contributed by atoms with Crippen molar-refractivity contribution >= 4 is 56.6 Å².